The molecule has 10 nitrogen and oxygen atoms in total. The molecule has 3 aliphatic carbocycles. The van der Waals surface area contributed by atoms with Crippen molar-refractivity contribution >= 4 is 62.5 Å². The Hall–Kier alpha value is -4.32. The van der Waals surface area contributed by atoms with E-state index in [0.29, 0.717) is 35.1 Å². The normalized spacial score (nSPS) is 28.5. The van der Waals surface area contributed by atoms with Gasteiger partial charge in [0.1, 0.15) is 23.9 Å². The highest BCUT2D eigenvalue weighted by Gasteiger charge is 2.68. The molecule has 0 spiro atoms. The average Bonchev–Trinajstić information content (AvgIpc) is 3.84. The summed E-state index contributed by atoms with van der Waals surface area (Å²) in [5.74, 6) is -2.51. The monoisotopic (exact) mass is 766 g/mol. The zero-order chi connectivity index (χ0) is 37.6. The molecule has 4 amide bonds. The first kappa shape index (κ1) is 35.4. The van der Waals surface area contributed by atoms with Gasteiger partial charge in [0.25, 0.3) is 0 Å². The number of aliphatic hydroxyl groups excluding tert-OH is 1. The fourth-order valence-electron chi connectivity index (χ4n) is 10.5. The minimum absolute atomic E-state index is 0.0744. The Bertz CT molecular complexity index is 2260. The van der Waals surface area contributed by atoms with Gasteiger partial charge in [-0.1, -0.05) is 54.6 Å². The van der Waals surface area contributed by atoms with E-state index in [9.17, 15) is 19.5 Å². The van der Waals surface area contributed by atoms with Crippen molar-refractivity contribution in [2.45, 2.75) is 70.8 Å². The molecule has 0 bridgehead atoms. The fraction of sp³-hybridized carbons (Fsp3) is 0.452. The Morgan fingerprint density at radius 1 is 0.981 bits per heavy atom. The topological polar surface area (TPSA) is 122 Å². The van der Waals surface area contributed by atoms with Crippen LogP contribution in [0.3, 0.4) is 0 Å². The number of aliphatic hydroxyl groups is 1. The average molecular weight is 767 g/mol. The molecule has 4 heterocycles. The number of nitrogens with zero attached hydrogens (tertiary/aromatic N) is 4. The number of benzene rings is 2. The summed E-state index contributed by atoms with van der Waals surface area (Å²) < 4.78 is 8.34. The maximum atomic E-state index is 15.1. The quantitative estimate of drug-likeness (QED) is 0.156. The number of anilines is 1. The van der Waals surface area contributed by atoms with E-state index in [2.05, 4.69) is 6.08 Å². The summed E-state index contributed by atoms with van der Waals surface area (Å²) in [6.45, 7) is 3.95. The van der Waals surface area contributed by atoms with Crippen LogP contribution in [-0.2, 0) is 26.2 Å². The molecule has 0 radical (unpaired) electrons. The second-order valence-corrected chi connectivity index (χ2v) is 17.3. The van der Waals surface area contributed by atoms with Crippen molar-refractivity contribution in [1.82, 2.24) is 14.7 Å². The lowest BCUT2D eigenvalue weighted by Crippen LogP contribution is -2.49. The number of aryl methyl sites for hydroxylation is 2. The zero-order valence-corrected chi connectivity index (χ0v) is 32.2. The second-order valence-electron chi connectivity index (χ2n) is 15.8. The lowest BCUT2D eigenvalue weighted by atomic mass is 9.51. The highest BCUT2D eigenvalue weighted by atomic mass is 35.5. The molecule has 9 rings (SSSR count). The molecule has 6 atom stereocenters. The largest absolute Gasteiger partial charge is 0.491 e. The molecule has 12 heteroatoms. The summed E-state index contributed by atoms with van der Waals surface area (Å²) in [7, 11) is 1.75. The number of rotatable bonds is 7. The predicted molar refractivity (Wildman–Crippen MR) is 206 cm³/mol. The number of fused-ring (bicyclic) bond motifs is 5. The molecule has 4 aromatic rings. The van der Waals surface area contributed by atoms with Crippen molar-refractivity contribution in [2.24, 2.45) is 36.1 Å². The molecular formula is C42H43ClN4O6S. The lowest BCUT2D eigenvalue weighted by molar-refractivity contribution is -0.144. The second kappa shape index (κ2) is 13.2. The van der Waals surface area contributed by atoms with E-state index >= 15 is 4.79 Å². The minimum atomic E-state index is -1.18. The number of aromatic nitrogens is 2. The van der Waals surface area contributed by atoms with Gasteiger partial charge in [-0.3, -0.25) is 28.8 Å². The lowest BCUT2D eigenvalue weighted by Gasteiger charge is -2.49. The van der Waals surface area contributed by atoms with Crippen LogP contribution in [0, 0.1) is 36.0 Å². The van der Waals surface area contributed by atoms with E-state index in [1.807, 2.05) is 62.4 Å². The van der Waals surface area contributed by atoms with E-state index in [-0.39, 0.29) is 48.8 Å². The van der Waals surface area contributed by atoms with Crippen LogP contribution in [0.5, 0.6) is 5.75 Å². The molecule has 2 aromatic heterocycles. The molecular weight excluding hydrogens is 724 g/mol. The smallest absolute Gasteiger partial charge is 0.242 e. The van der Waals surface area contributed by atoms with Crippen molar-refractivity contribution < 1.29 is 29.0 Å². The van der Waals surface area contributed by atoms with E-state index in [1.54, 1.807) is 28.0 Å². The summed E-state index contributed by atoms with van der Waals surface area (Å²) in [6.07, 6.45) is 7.62. The minimum Gasteiger partial charge on any atom is -0.491 e. The first-order valence-electron chi connectivity index (χ1n) is 19.0. The van der Waals surface area contributed by atoms with Gasteiger partial charge < -0.3 is 9.84 Å². The zero-order valence-electron chi connectivity index (χ0n) is 30.6. The van der Waals surface area contributed by atoms with Crippen molar-refractivity contribution in [3.8, 4) is 16.3 Å². The summed E-state index contributed by atoms with van der Waals surface area (Å²) in [6, 6.07) is 15.0. The molecule has 54 heavy (non-hydrogen) atoms. The number of hydrogen-bond acceptors (Lipinski definition) is 8. The fourth-order valence-corrected chi connectivity index (χ4v) is 11.8. The maximum Gasteiger partial charge on any atom is 0.242 e. The first-order valence-corrected chi connectivity index (χ1v) is 20.2. The van der Waals surface area contributed by atoms with Crippen LogP contribution in [0.4, 0.5) is 5.82 Å². The van der Waals surface area contributed by atoms with Crippen LogP contribution in [-0.4, -0.2) is 62.7 Å². The molecule has 2 aromatic carbocycles. The van der Waals surface area contributed by atoms with Gasteiger partial charge in [0.2, 0.25) is 23.6 Å². The van der Waals surface area contributed by atoms with Crippen LogP contribution < -0.4 is 9.64 Å². The van der Waals surface area contributed by atoms with Gasteiger partial charge in [0.15, 0.2) is 0 Å². The number of allylic oxidation sites excluding steroid dienone is 2. The SMILES string of the molecule is Cc1c(-c2cc(N3C(=O)C4CC5C(=CCC6C(=O)N(C7CCCCC7)C(=O)C65)C(c5ccc(OCCO)cc5)C4(C)C3=O)n(C)n2)sc2ccc(Cl)cc12. The number of halogens is 1. The van der Waals surface area contributed by atoms with Gasteiger partial charge in [0, 0.05) is 34.8 Å². The van der Waals surface area contributed by atoms with Gasteiger partial charge in [0.05, 0.1) is 34.7 Å². The molecule has 6 unspecified atom stereocenters. The standard InChI is InChI=1S/C42H43ClN4O6S/c1-22-29-19-24(43)11-16-33(29)54-37(22)32-21-34(45(3)44-32)47-39(50)31-20-30-27(14-15-28-35(30)40(51)46(38(28)49)25-7-5-4-6-8-25)36(42(31,2)41(47)52)23-9-12-26(13-10-23)53-18-17-48/h9-14,16,19,21,25,28,30-31,35-36,48H,4-8,15,17-18,20H2,1-3H3. The van der Waals surface area contributed by atoms with Crippen LogP contribution in [0.15, 0.2) is 60.2 Å². The number of hydrogen-bond donors (Lipinski definition) is 1. The van der Waals surface area contributed by atoms with Gasteiger partial charge >= 0.3 is 0 Å². The summed E-state index contributed by atoms with van der Waals surface area (Å²) in [4.78, 5) is 62.3. The number of carbonyl (C=O) groups excluding carboxylic acids is 4. The van der Waals surface area contributed by atoms with Crippen molar-refractivity contribution in [2.75, 3.05) is 18.1 Å². The van der Waals surface area contributed by atoms with E-state index in [1.165, 1.54) is 4.90 Å². The Morgan fingerprint density at radius 2 is 1.74 bits per heavy atom. The first-order chi connectivity index (χ1) is 26.0. The summed E-state index contributed by atoms with van der Waals surface area (Å²) >= 11 is 7.92. The number of amides is 4. The van der Waals surface area contributed by atoms with Crippen molar-refractivity contribution in [3.05, 3.63) is 76.3 Å². The number of thiophene rings is 1. The summed E-state index contributed by atoms with van der Waals surface area (Å²) in [5, 5.41) is 15.8. The van der Waals surface area contributed by atoms with Gasteiger partial charge in [-0.15, -0.1) is 11.3 Å². The highest BCUT2D eigenvalue weighted by molar-refractivity contribution is 7.22. The summed E-state index contributed by atoms with van der Waals surface area (Å²) in [5.41, 5.74) is 2.30. The Balaban J connectivity index is 1.13. The van der Waals surface area contributed by atoms with Crippen molar-refractivity contribution in [1.29, 1.82) is 0 Å². The van der Waals surface area contributed by atoms with E-state index in [4.69, 9.17) is 21.4 Å². The molecule has 2 aliphatic heterocycles. The molecule has 5 aliphatic rings. The van der Waals surface area contributed by atoms with Crippen LogP contribution in [0.25, 0.3) is 20.7 Å². The maximum absolute atomic E-state index is 15.1. The number of ether oxygens (including phenoxy) is 1. The van der Waals surface area contributed by atoms with E-state index in [0.717, 1.165) is 63.8 Å². The molecule has 2 saturated heterocycles. The van der Waals surface area contributed by atoms with Gasteiger partial charge in [-0.05, 0) is 92.3 Å². The predicted octanol–water partition coefficient (Wildman–Crippen LogP) is 7.20. The Morgan fingerprint density at radius 3 is 2.48 bits per heavy atom. The number of likely N-dealkylation sites (tertiary alicyclic amines) is 1. The Kier molecular flexibility index (Phi) is 8.63. The van der Waals surface area contributed by atoms with Gasteiger partial charge in [-0.2, -0.15) is 5.10 Å². The molecule has 280 valence electrons. The van der Waals surface area contributed by atoms with E-state index < -0.39 is 29.1 Å². The number of imide groups is 2. The highest BCUT2D eigenvalue weighted by Crippen LogP contribution is 2.64. The third-order valence-corrected chi connectivity index (χ3v) is 14.6. The van der Waals surface area contributed by atoms with Gasteiger partial charge in [-0.25, -0.2) is 4.90 Å². The van der Waals surface area contributed by atoms with Crippen LogP contribution >= 0.6 is 22.9 Å². The molecule has 4 fully saturated rings. The molecule has 1 N–H and O–H groups in total. The van der Waals surface area contributed by atoms with Crippen molar-refractivity contribution in [3.63, 3.8) is 0 Å². The van der Waals surface area contributed by atoms with Crippen LogP contribution in [0.1, 0.15) is 68.9 Å². The van der Waals surface area contributed by atoms with Crippen LogP contribution in [0.2, 0.25) is 5.02 Å². The Labute approximate surface area is 322 Å². The molecule has 2 saturated carbocycles. The number of carbonyl (C=O) groups is 4. The third-order valence-electron chi connectivity index (χ3n) is 13.0. The third kappa shape index (κ3) is 5.18.